The molecule has 0 aliphatic carbocycles. The average Bonchev–Trinajstić information content (AvgIpc) is 2.67. The van der Waals surface area contributed by atoms with Crippen molar-refractivity contribution in [2.75, 3.05) is 0 Å². The number of hydrogen-bond acceptors (Lipinski definition) is 0. The molecule has 3 heteroatoms. The summed E-state index contributed by atoms with van der Waals surface area (Å²) in [7, 11) is 0. The SMILES string of the molecule is [Zn].c1cc[nH]c1.c1cc[nH]c1. The van der Waals surface area contributed by atoms with Gasteiger partial charge in [0.05, 0.1) is 0 Å². The quantitative estimate of drug-likeness (QED) is 0.609. The van der Waals surface area contributed by atoms with Gasteiger partial charge in [-0.2, -0.15) is 0 Å². The monoisotopic (exact) mass is 198 g/mol. The molecule has 0 saturated carbocycles. The molecule has 2 aromatic heterocycles. The van der Waals surface area contributed by atoms with Crippen LogP contribution in [0.5, 0.6) is 0 Å². The topological polar surface area (TPSA) is 31.6 Å². The van der Waals surface area contributed by atoms with E-state index in [1.54, 1.807) is 0 Å². The van der Waals surface area contributed by atoms with Crippen molar-refractivity contribution in [2.45, 2.75) is 0 Å². The Morgan fingerprint density at radius 1 is 0.545 bits per heavy atom. The van der Waals surface area contributed by atoms with Gasteiger partial charge in [0.1, 0.15) is 0 Å². The van der Waals surface area contributed by atoms with Crippen LogP contribution in [-0.2, 0) is 19.5 Å². The van der Waals surface area contributed by atoms with E-state index in [9.17, 15) is 0 Å². The third-order valence-corrected chi connectivity index (χ3v) is 0.992. The van der Waals surface area contributed by atoms with Gasteiger partial charge in [-0.05, 0) is 24.3 Å². The van der Waals surface area contributed by atoms with E-state index in [0.717, 1.165) is 0 Å². The summed E-state index contributed by atoms with van der Waals surface area (Å²) in [4.78, 5) is 5.72. The normalized spacial score (nSPS) is 7.27. The van der Waals surface area contributed by atoms with Crippen LogP contribution < -0.4 is 0 Å². The van der Waals surface area contributed by atoms with Gasteiger partial charge in [0.15, 0.2) is 0 Å². The van der Waals surface area contributed by atoms with Crippen LogP contribution in [0.3, 0.4) is 0 Å². The molecule has 0 atom stereocenters. The minimum Gasteiger partial charge on any atom is -0.368 e. The standard InChI is InChI=1S/2C4H5N.Zn/c2*1-2-4-5-3-1;/h2*1-5H;. The van der Waals surface area contributed by atoms with E-state index >= 15 is 0 Å². The van der Waals surface area contributed by atoms with E-state index in [1.807, 2.05) is 49.1 Å². The Labute approximate surface area is 78.8 Å². The zero-order valence-corrected chi connectivity index (χ0v) is 9.29. The van der Waals surface area contributed by atoms with Crippen LogP contribution in [0.4, 0.5) is 0 Å². The molecule has 2 rings (SSSR count). The number of nitrogens with one attached hydrogen (secondary N) is 2. The first-order chi connectivity index (χ1) is 5.00. The van der Waals surface area contributed by atoms with Crippen molar-refractivity contribution < 1.29 is 19.5 Å². The fourth-order valence-corrected chi connectivity index (χ4v) is 0.556. The maximum Gasteiger partial charge on any atom is 0.000496 e. The molecular formula is C8H10N2Zn. The second-order valence-corrected chi connectivity index (χ2v) is 1.77. The molecule has 2 aromatic rings. The van der Waals surface area contributed by atoms with Crippen LogP contribution in [0.15, 0.2) is 49.1 Å². The summed E-state index contributed by atoms with van der Waals surface area (Å²) in [6, 6.07) is 7.78. The first-order valence-corrected chi connectivity index (χ1v) is 3.15. The van der Waals surface area contributed by atoms with E-state index in [-0.39, 0.29) is 19.5 Å². The molecule has 0 unspecified atom stereocenters. The number of aromatic nitrogens is 2. The molecule has 0 saturated heterocycles. The van der Waals surface area contributed by atoms with Gasteiger partial charge in [0.2, 0.25) is 0 Å². The van der Waals surface area contributed by atoms with Gasteiger partial charge in [-0.25, -0.2) is 0 Å². The Kier molecular flexibility index (Phi) is 6.75. The van der Waals surface area contributed by atoms with Crippen LogP contribution in [-0.4, -0.2) is 9.97 Å². The van der Waals surface area contributed by atoms with Crippen LogP contribution >= 0.6 is 0 Å². The van der Waals surface area contributed by atoms with E-state index in [2.05, 4.69) is 9.97 Å². The minimum atomic E-state index is 0. The molecule has 0 aliphatic rings. The third kappa shape index (κ3) is 5.62. The van der Waals surface area contributed by atoms with Gasteiger partial charge < -0.3 is 9.97 Å². The Balaban J connectivity index is 0.000000167. The summed E-state index contributed by atoms with van der Waals surface area (Å²) in [6.07, 6.45) is 7.50. The van der Waals surface area contributed by atoms with Gasteiger partial charge in [-0.15, -0.1) is 0 Å². The molecule has 0 radical (unpaired) electrons. The summed E-state index contributed by atoms with van der Waals surface area (Å²) in [5.41, 5.74) is 0. The van der Waals surface area contributed by atoms with E-state index in [0.29, 0.717) is 0 Å². The fraction of sp³-hybridized carbons (Fsp3) is 0. The summed E-state index contributed by atoms with van der Waals surface area (Å²) in [5.74, 6) is 0. The molecule has 54 valence electrons. The van der Waals surface area contributed by atoms with E-state index < -0.39 is 0 Å². The zero-order chi connectivity index (χ0) is 7.07. The molecule has 0 spiro atoms. The van der Waals surface area contributed by atoms with Gasteiger partial charge in [0.25, 0.3) is 0 Å². The summed E-state index contributed by atoms with van der Waals surface area (Å²) in [6.45, 7) is 0. The number of hydrogen-bond donors (Lipinski definition) is 2. The van der Waals surface area contributed by atoms with E-state index in [1.165, 1.54) is 0 Å². The van der Waals surface area contributed by atoms with Gasteiger partial charge >= 0.3 is 0 Å². The summed E-state index contributed by atoms with van der Waals surface area (Å²) < 4.78 is 0. The molecule has 11 heavy (non-hydrogen) atoms. The molecule has 2 heterocycles. The maximum atomic E-state index is 2.86. The van der Waals surface area contributed by atoms with Crippen LogP contribution in [0.2, 0.25) is 0 Å². The predicted molar refractivity (Wildman–Crippen MR) is 41.6 cm³/mol. The Morgan fingerprint density at radius 2 is 0.818 bits per heavy atom. The van der Waals surface area contributed by atoms with Crippen molar-refractivity contribution in [2.24, 2.45) is 0 Å². The van der Waals surface area contributed by atoms with Crippen molar-refractivity contribution in [1.82, 2.24) is 9.97 Å². The maximum absolute atomic E-state index is 2.86. The zero-order valence-electron chi connectivity index (χ0n) is 6.33. The van der Waals surface area contributed by atoms with E-state index in [4.69, 9.17) is 0 Å². The number of rotatable bonds is 0. The average molecular weight is 200 g/mol. The molecule has 2 nitrogen and oxygen atoms in total. The van der Waals surface area contributed by atoms with Crippen molar-refractivity contribution in [3.63, 3.8) is 0 Å². The van der Waals surface area contributed by atoms with Gasteiger partial charge in [-0.1, -0.05) is 0 Å². The van der Waals surface area contributed by atoms with Crippen molar-refractivity contribution in [3.8, 4) is 0 Å². The van der Waals surface area contributed by atoms with Gasteiger partial charge in [0, 0.05) is 44.3 Å². The summed E-state index contributed by atoms with van der Waals surface area (Å²) >= 11 is 0. The van der Waals surface area contributed by atoms with Crippen molar-refractivity contribution >= 4 is 0 Å². The van der Waals surface area contributed by atoms with Gasteiger partial charge in [-0.3, -0.25) is 0 Å². The van der Waals surface area contributed by atoms with Crippen molar-refractivity contribution in [1.29, 1.82) is 0 Å². The Bertz CT molecular complexity index is 151. The second kappa shape index (κ2) is 7.29. The fourth-order valence-electron chi connectivity index (χ4n) is 0.556. The smallest absolute Gasteiger partial charge is 0.000496 e. The third-order valence-electron chi connectivity index (χ3n) is 0.992. The molecule has 0 amide bonds. The molecule has 0 aliphatic heterocycles. The summed E-state index contributed by atoms with van der Waals surface area (Å²) in [5, 5.41) is 0. The van der Waals surface area contributed by atoms with Crippen LogP contribution in [0.1, 0.15) is 0 Å². The molecule has 0 aromatic carbocycles. The Hall–Kier alpha value is -0.817. The largest absolute Gasteiger partial charge is 0.368 e. The first-order valence-electron chi connectivity index (χ1n) is 3.15. The van der Waals surface area contributed by atoms with Crippen LogP contribution in [0.25, 0.3) is 0 Å². The number of aromatic amines is 2. The molecule has 0 bridgehead atoms. The first kappa shape index (κ1) is 10.2. The molecule has 2 N–H and O–H groups in total. The second-order valence-electron chi connectivity index (χ2n) is 1.77. The molecular weight excluding hydrogens is 189 g/mol. The van der Waals surface area contributed by atoms with Crippen molar-refractivity contribution in [3.05, 3.63) is 49.1 Å². The Morgan fingerprint density at radius 3 is 0.909 bits per heavy atom. The van der Waals surface area contributed by atoms with Crippen LogP contribution in [0, 0.1) is 0 Å². The minimum absolute atomic E-state index is 0. The molecule has 0 fully saturated rings. The predicted octanol–water partition coefficient (Wildman–Crippen LogP) is 2.03. The number of H-pyrrole nitrogens is 2.